The van der Waals surface area contributed by atoms with Crippen molar-refractivity contribution in [2.45, 2.75) is 6.54 Å². The van der Waals surface area contributed by atoms with Crippen molar-refractivity contribution in [1.82, 2.24) is 9.88 Å². The molecule has 0 radical (unpaired) electrons. The molecule has 1 aliphatic heterocycles. The number of para-hydroxylation sites is 3. The number of nitrogens with one attached hydrogen (secondary N) is 1. The van der Waals surface area contributed by atoms with Crippen LogP contribution >= 0.6 is 0 Å². The second-order valence-corrected chi connectivity index (χ2v) is 6.83. The number of rotatable bonds is 7. The maximum absolute atomic E-state index is 13.4. The standard InChI is InChI=1S/C24H21N3O4/c1-30-19-9-5-3-7-17(19)21-22(26-18-8-4-6-10-20(18)31-2)24(29)27(23(21)28)15-16-11-13-25-14-12-16/h3-14,26H,15H2,1-2H3. The fourth-order valence-corrected chi connectivity index (χ4v) is 3.49. The summed E-state index contributed by atoms with van der Waals surface area (Å²) in [6, 6.07) is 17.9. The molecular weight excluding hydrogens is 394 g/mol. The maximum Gasteiger partial charge on any atom is 0.278 e. The highest BCUT2D eigenvalue weighted by Crippen LogP contribution is 2.37. The van der Waals surface area contributed by atoms with Crippen LogP contribution in [0, 0.1) is 0 Å². The number of carbonyl (C=O) groups excluding carboxylic acids is 2. The van der Waals surface area contributed by atoms with Crippen LogP contribution in [0.15, 0.2) is 78.8 Å². The van der Waals surface area contributed by atoms with Crippen LogP contribution in [0.5, 0.6) is 11.5 Å². The maximum atomic E-state index is 13.4. The Kier molecular flexibility index (Phi) is 5.66. The molecule has 0 bridgehead atoms. The summed E-state index contributed by atoms with van der Waals surface area (Å²) in [6.07, 6.45) is 3.26. The number of methoxy groups -OCH3 is 2. The van der Waals surface area contributed by atoms with E-state index >= 15 is 0 Å². The van der Waals surface area contributed by atoms with E-state index in [-0.39, 0.29) is 17.8 Å². The van der Waals surface area contributed by atoms with Crippen molar-refractivity contribution in [3.05, 3.63) is 89.9 Å². The molecule has 0 saturated heterocycles. The number of hydrogen-bond acceptors (Lipinski definition) is 6. The summed E-state index contributed by atoms with van der Waals surface area (Å²) in [5, 5.41) is 3.13. The Morgan fingerprint density at radius 2 is 1.48 bits per heavy atom. The van der Waals surface area contributed by atoms with E-state index in [2.05, 4.69) is 10.3 Å². The van der Waals surface area contributed by atoms with Crippen LogP contribution in [0.2, 0.25) is 0 Å². The molecule has 31 heavy (non-hydrogen) atoms. The first-order valence-corrected chi connectivity index (χ1v) is 9.67. The lowest BCUT2D eigenvalue weighted by atomic mass is 10.0. The number of anilines is 1. The molecule has 4 rings (SSSR count). The summed E-state index contributed by atoms with van der Waals surface area (Å²) in [5.41, 5.74) is 2.35. The smallest absolute Gasteiger partial charge is 0.278 e. The van der Waals surface area contributed by atoms with Gasteiger partial charge in [0, 0.05) is 18.0 Å². The zero-order chi connectivity index (χ0) is 21.8. The van der Waals surface area contributed by atoms with Gasteiger partial charge in [-0.2, -0.15) is 0 Å². The molecule has 0 aliphatic carbocycles. The summed E-state index contributed by atoms with van der Waals surface area (Å²) in [7, 11) is 3.08. The third kappa shape index (κ3) is 3.85. The number of nitrogens with zero attached hydrogens (tertiary/aromatic N) is 2. The van der Waals surface area contributed by atoms with Crippen LogP contribution in [-0.2, 0) is 16.1 Å². The second-order valence-electron chi connectivity index (χ2n) is 6.83. The Hall–Kier alpha value is -4.13. The largest absolute Gasteiger partial charge is 0.496 e. The molecule has 2 aromatic carbocycles. The zero-order valence-electron chi connectivity index (χ0n) is 17.2. The molecule has 0 fully saturated rings. The molecule has 3 aromatic rings. The normalized spacial score (nSPS) is 13.5. The van der Waals surface area contributed by atoms with Gasteiger partial charge in [0.15, 0.2) is 0 Å². The number of hydrogen-bond donors (Lipinski definition) is 1. The summed E-state index contributed by atoms with van der Waals surface area (Å²) < 4.78 is 10.9. The lowest BCUT2D eigenvalue weighted by molar-refractivity contribution is -0.137. The van der Waals surface area contributed by atoms with E-state index in [1.165, 1.54) is 12.0 Å². The average Bonchev–Trinajstić information content (AvgIpc) is 3.04. The van der Waals surface area contributed by atoms with Crippen molar-refractivity contribution in [3.63, 3.8) is 0 Å². The van der Waals surface area contributed by atoms with Crippen molar-refractivity contribution < 1.29 is 19.1 Å². The van der Waals surface area contributed by atoms with E-state index in [0.717, 1.165) is 5.56 Å². The molecule has 0 unspecified atom stereocenters. The van der Waals surface area contributed by atoms with Crippen LogP contribution < -0.4 is 14.8 Å². The van der Waals surface area contributed by atoms with Gasteiger partial charge < -0.3 is 14.8 Å². The second kappa shape index (κ2) is 8.71. The number of imide groups is 1. The van der Waals surface area contributed by atoms with Crippen molar-refractivity contribution in [2.24, 2.45) is 0 Å². The topological polar surface area (TPSA) is 80.8 Å². The third-order valence-electron chi connectivity index (χ3n) is 5.00. The molecule has 0 spiro atoms. The Balaban J connectivity index is 1.81. The highest BCUT2D eigenvalue weighted by molar-refractivity contribution is 6.37. The van der Waals surface area contributed by atoms with Gasteiger partial charge in [0.2, 0.25) is 0 Å². The SMILES string of the molecule is COc1ccccc1NC1=C(c2ccccc2OC)C(=O)N(Cc2ccncc2)C1=O. The van der Waals surface area contributed by atoms with E-state index in [1.807, 2.05) is 18.2 Å². The molecule has 1 aromatic heterocycles. The van der Waals surface area contributed by atoms with Gasteiger partial charge in [-0.25, -0.2) is 0 Å². The Morgan fingerprint density at radius 3 is 2.19 bits per heavy atom. The first-order valence-electron chi connectivity index (χ1n) is 9.67. The quantitative estimate of drug-likeness (QED) is 0.595. The van der Waals surface area contributed by atoms with E-state index in [4.69, 9.17) is 9.47 Å². The number of carbonyl (C=O) groups is 2. The molecule has 1 N–H and O–H groups in total. The fourth-order valence-electron chi connectivity index (χ4n) is 3.49. The van der Waals surface area contributed by atoms with Gasteiger partial charge in [0.1, 0.15) is 17.2 Å². The minimum absolute atomic E-state index is 0.135. The summed E-state index contributed by atoms with van der Waals surface area (Å²) >= 11 is 0. The van der Waals surface area contributed by atoms with Crippen molar-refractivity contribution in [3.8, 4) is 11.5 Å². The summed E-state index contributed by atoms with van der Waals surface area (Å²) in [5.74, 6) is 0.239. The predicted octanol–water partition coefficient (Wildman–Crippen LogP) is 3.49. The molecule has 0 saturated carbocycles. The Labute approximate surface area is 179 Å². The minimum Gasteiger partial charge on any atom is -0.496 e. The fraction of sp³-hybridized carbons (Fsp3) is 0.125. The van der Waals surface area contributed by atoms with Crippen molar-refractivity contribution in [1.29, 1.82) is 0 Å². The van der Waals surface area contributed by atoms with Crippen LogP contribution in [0.25, 0.3) is 5.57 Å². The number of ether oxygens (including phenoxy) is 2. The highest BCUT2D eigenvalue weighted by Gasteiger charge is 2.40. The monoisotopic (exact) mass is 415 g/mol. The van der Waals surface area contributed by atoms with Gasteiger partial charge in [0.05, 0.1) is 32.0 Å². The van der Waals surface area contributed by atoms with Gasteiger partial charge in [-0.05, 0) is 35.9 Å². The summed E-state index contributed by atoms with van der Waals surface area (Å²) in [4.78, 5) is 32.1. The zero-order valence-corrected chi connectivity index (χ0v) is 17.2. The average molecular weight is 415 g/mol. The number of amides is 2. The lowest BCUT2D eigenvalue weighted by Crippen LogP contribution is -2.32. The van der Waals surface area contributed by atoms with Crippen LogP contribution in [0.3, 0.4) is 0 Å². The van der Waals surface area contributed by atoms with Gasteiger partial charge in [0.25, 0.3) is 11.8 Å². The molecule has 0 atom stereocenters. The van der Waals surface area contributed by atoms with Gasteiger partial charge in [-0.3, -0.25) is 19.5 Å². The van der Waals surface area contributed by atoms with E-state index in [9.17, 15) is 9.59 Å². The van der Waals surface area contributed by atoms with Crippen LogP contribution in [0.1, 0.15) is 11.1 Å². The van der Waals surface area contributed by atoms with E-state index in [0.29, 0.717) is 22.7 Å². The van der Waals surface area contributed by atoms with Gasteiger partial charge in [-0.1, -0.05) is 30.3 Å². The molecule has 7 heteroatoms. The molecular formula is C24H21N3O4. The number of benzene rings is 2. The highest BCUT2D eigenvalue weighted by atomic mass is 16.5. The van der Waals surface area contributed by atoms with Crippen molar-refractivity contribution in [2.75, 3.05) is 19.5 Å². The molecule has 1 aliphatic rings. The Morgan fingerprint density at radius 1 is 0.839 bits per heavy atom. The first-order chi connectivity index (χ1) is 15.1. The van der Waals surface area contributed by atoms with Gasteiger partial charge >= 0.3 is 0 Å². The lowest BCUT2D eigenvalue weighted by Gasteiger charge is -2.16. The van der Waals surface area contributed by atoms with E-state index in [1.54, 1.807) is 62.0 Å². The molecule has 2 amide bonds. The third-order valence-corrected chi connectivity index (χ3v) is 5.00. The van der Waals surface area contributed by atoms with Gasteiger partial charge in [-0.15, -0.1) is 0 Å². The number of aromatic nitrogens is 1. The molecule has 2 heterocycles. The number of pyridine rings is 1. The molecule has 156 valence electrons. The minimum atomic E-state index is -0.423. The predicted molar refractivity (Wildman–Crippen MR) is 116 cm³/mol. The van der Waals surface area contributed by atoms with E-state index < -0.39 is 11.8 Å². The summed E-state index contributed by atoms with van der Waals surface area (Å²) in [6.45, 7) is 0.135. The Bertz CT molecular complexity index is 1160. The van der Waals surface area contributed by atoms with Crippen molar-refractivity contribution >= 4 is 23.1 Å². The first kappa shape index (κ1) is 20.2. The van der Waals surface area contributed by atoms with Crippen LogP contribution in [0.4, 0.5) is 5.69 Å². The molecule has 7 nitrogen and oxygen atoms in total. The van der Waals surface area contributed by atoms with Crippen LogP contribution in [-0.4, -0.2) is 35.9 Å².